The van der Waals surface area contributed by atoms with Crippen LogP contribution in [0, 0.1) is 0 Å². The molecule has 1 N–H and O–H groups in total. The van der Waals surface area contributed by atoms with Gasteiger partial charge in [-0.2, -0.15) is 13.2 Å². The molecular formula is C21H25F3N2. The van der Waals surface area contributed by atoms with E-state index in [9.17, 15) is 13.2 Å². The zero-order valence-electron chi connectivity index (χ0n) is 15.0. The smallest absolute Gasteiger partial charge is 0.310 e. The topological polar surface area (TPSA) is 15.3 Å². The maximum atomic E-state index is 12.6. The lowest BCUT2D eigenvalue weighted by molar-refractivity contribution is -0.137. The molecule has 2 nitrogen and oxygen atoms in total. The minimum Gasteiger partial charge on any atom is -0.310 e. The molecule has 0 unspecified atom stereocenters. The van der Waals surface area contributed by atoms with Crippen molar-refractivity contribution in [1.82, 2.24) is 10.2 Å². The maximum Gasteiger partial charge on any atom is 0.416 e. The normalized spacial score (nSPS) is 16.8. The van der Waals surface area contributed by atoms with Gasteiger partial charge in [0, 0.05) is 12.6 Å². The number of piperidine rings is 1. The molecule has 1 fully saturated rings. The SMILES string of the molecule is CCN1CCC(NCc2ccc(-c3ccc(C(F)(F)F)cc3)cc2)CC1. The highest BCUT2D eigenvalue weighted by atomic mass is 19.4. The molecule has 0 bridgehead atoms. The average Bonchev–Trinajstić information content (AvgIpc) is 2.66. The summed E-state index contributed by atoms with van der Waals surface area (Å²) in [5.74, 6) is 0. The monoisotopic (exact) mass is 362 g/mol. The first kappa shape index (κ1) is 18.9. The number of hydrogen-bond acceptors (Lipinski definition) is 2. The molecule has 1 aliphatic heterocycles. The summed E-state index contributed by atoms with van der Waals surface area (Å²) in [6.45, 7) is 6.45. The highest BCUT2D eigenvalue weighted by Gasteiger charge is 2.29. The molecule has 3 rings (SSSR count). The Bertz CT molecular complexity index is 685. The highest BCUT2D eigenvalue weighted by Crippen LogP contribution is 2.31. The third-order valence-corrected chi connectivity index (χ3v) is 5.13. The molecule has 0 aromatic heterocycles. The molecular weight excluding hydrogens is 337 g/mol. The van der Waals surface area contributed by atoms with Crippen molar-refractivity contribution in [3.63, 3.8) is 0 Å². The molecule has 0 atom stereocenters. The van der Waals surface area contributed by atoms with Crippen molar-refractivity contribution in [2.75, 3.05) is 19.6 Å². The molecule has 0 amide bonds. The summed E-state index contributed by atoms with van der Waals surface area (Å²) in [6.07, 6.45) is -1.93. The molecule has 5 heteroatoms. The van der Waals surface area contributed by atoms with Crippen molar-refractivity contribution in [3.8, 4) is 11.1 Å². The molecule has 0 spiro atoms. The molecule has 0 aliphatic carbocycles. The molecule has 26 heavy (non-hydrogen) atoms. The molecule has 1 aliphatic rings. The number of halogens is 3. The van der Waals surface area contributed by atoms with Gasteiger partial charge < -0.3 is 10.2 Å². The Morgan fingerprint density at radius 1 is 0.923 bits per heavy atom. The standard InChI is InChI=1S/C21H25F3N2/c1-2-26-13-11-20(12-14-26)25-15-16-3-5-17(6-4-16)18-7-9-19(10-8-18)21(22,23)24/h3-10,20,25H,2,11-15H2,1H3. The van der Waals surface area contributed by atoms with Crippen LogP contribution >= 0.6 is 0 Å². The van der Waals surface area contributed by atoms with E-state index in [0.29, 0.717) is 6.04 Å². The molecule has 2 aromatic rings. The van der Waals surface area contributed by atoms with Crippen LogP contribution in [0.15, 0.2) is 48.5 Å². The van der Waals surface area contributed by atoms with Gasteiger partial charge in [-0.25, -0.2) is 0 Å². The average molecular weight is 362 g/mol. The van der Waals surface area contributed by atoms with Gasteiger partial charge in [-0.3, -0.25) is 0 Å². The van der Waals surface area contributed by atoms with E-state index in [2.05, 4.69) is 17.1 Å². The Kier molecular flexibility index (Phi) is 5.99. The molecule has 1 saturated heterocycles. The van der Waals surface area contributed by atoms with Crippen molar-refractivity contribution in [2.45, 2.75) is 38.5 Å². The molecule has 1 heterocycles. The van der Waals surface area contributed by atoms with E-state index in [1.54, 1.807) is 0 Å². The fourth-order valence-corrected chi connectivity index (χ4v) is 3.38. The summed E-state index contributed by atoms with van der Waals surface area (Å²) < 4.78 is 37.9. The van der Waals surface area contributed by atoms with Gasteiger partial charge in [0.15, 0.2) is 0 Å². The highest BCUT2D eigenvalue weighted by molar-refractivity contribution is 5.64. The summed E-state index contributed by atoms with van der Waals surface area (Å²) >= 11 is 0. The van der Waals surface area contributed by atoms with E-state index >= 15 is 0 Å². The second kappa shape index (κ2) is 8.23. The number of likely N-dealkylation sites (tertiary alicyclic amines) is 1. The molecule has 140 valence electrons. The van der Waals surface area contributed by atoms with Crippen LogP contribution in [0.2, 0.25) is 0 Å². The van der Waals surface area contributed by atoms with Crippen LogP contribution in [0.4, 0.5) is 13.2 Å². The Balaban J connectivity index is 1.55. The lowest BCUT2D eigenvalue weighted by Gasteiger charge is -2.31. The van der Waals surface area contributed by atoms with Crippen LogP contribution in [-0.4, -0.2) is 30.6 Å². The largest absolute Gasteiger partial charge is 0.416 e. The van der Waals surface area contributed by atoms with Crippen molar-refractivity contribution >= 4 is 0 Å². The van der Waals surface area contributed by atoms with E-state index in [0.717, 1.165) is 49.4 Å². The van der Waals surface area contributed by atoms with Crippen molar-refractivity contribution in [2.24, 2.45) is 0 Å². The quantitative estimate of drug-likeness (QED) is 0.810. The van der Waals surface area contributed by atoms with Crippen LogP contribution in [-0.2, 0) is 12.7 Å². The first-order valence-corrected chi connectivity index (χ1v) is 9.18. The zero-order chi connectivity index (χ0) is 18.6. The van der Waals surface area contributed by atoms with Crippen molar-refractivity contribution < 1.29 is 13.2 Å². The van der Waals surface area contributed by atoms with Gasteiger partial charge in [0.05, 0.1) is 5.56 Å². The first-order valence-electron chi connectivity index (χ1n) is 9.18. The van der Waals surface area contributed by atoms with Crippen LogP contribution < -0.4 is 5.32 Å². The Hall–Kier alpha value is -1.85. The van der Waals surface area contributed by atoms with E-state index < -0.39 is 11.7 Å². The van der Waals surface area contributed by atoms with Crippen molar-refractivity contribution in [1.29, 1.82) is 0 Å². The third kappa shape index (κ3) is 4.86. The predicted molar refractivity (Wildman–Crippen MR) is 98.9 cm³/mol. The summed E-state index contributed by atoms with van der Waals surface area (Å²) in [5, 5.41) is 3.61. The second-order valence-corrected chi connectivity index (χ2v) is 6.86. The van der Waals surface area contributed by atoms with Gasteiger partial charge in [0.1, 0.15) is 0 Å². The van der Waals surface area contributed by atoms with Crippen LogP contribution in [0.25, 0.3) is 11.1 Å². The third-order valence-electron chi connectivity index (χ3n) is 5.13. The van der Waals surface area contributed by atoms with Gasteiger partial charge in [-0.05, 0) is 61.3 Å². The number of nitrogens with one attached hydrogen (secondary N) is 1. The van der Waals surface area contributed by atoms with Gasteiger partial charge in [0.2, 0.25) is 0 Å². The number of nitrogens with zero attached hydrogens (tertiary/aromatic N) is 1. The Morgan fingerprint density at radius 2 is 1.46 bits per heavy atom. The predicted octanol–water partition coefficient (Wildman–Crippen LogP) is 4.95. The lowest BCUT2D eigenvalue weighted by Crippen LogP contribution is -2.42. The Labute approximate surface area is 153 Å². The molecule has 0 saturated carbocycles. The second-order valence-electron chi connectivity index (χ2n) is 6.86. The van der Waals surface area contributed by atoms with E-state index in [1.807, 2.05) is 24.3 Å². The number of hydrogen-bond donors (Lipinski definition) is 1. The fourth-order valence-electron chi connectivity index (χ4n) is 3.38. The van der Waals surface area contributed by atoms with Crippen LogP contribution in [0.5, 0.6) is 0 Å². The number of alkyl halides is 3. The van der Waals surface area contributed by atoms with Gasteiger partial charge in [0.25, 0.3) is 0 Å². The maximum absolute atomic E-state index is 12.6. The first-order chi connectivity index (χ1) is 12.5. The zero-order valence-corrected chi connectivity index (χ0v) is 15.0. The summed E-state index contributed by atoms with van der Waals surface area (Å²) in [5.41, 5.74) is 2.30. The number of benzene rings is 2. The summed E-state index contributed by atoms with van der Waals surface area (Å²) in [7, 11) is 0. The van der Waals surface area contributed by atoms with Crippen LogP contribution in [0.3, 0.4) is 0 Å². The fraction of sp³-hybridized carbons (Fsp3) is 0.429. The Morgan fingerprint density at radius 3 is 1.96 bits per heavy atom. The van der Waals surface area contributed by atoms with Gasteiger partial charge >= 0.3 is 6.18 Å². The van der Waals surface area contributed by atoms with E-state index in [4.69, 9.17) is 0 Å². The minimum atomic E-state index is -4.29. The minimum absolute atomic E-state index is 0.562. The summed E-state index contributed by atoms with van der Waals surface area (Å²) in [6, 6.07) is 13.9. The van der Waals surface area contributed by atoms with E-state index in [1.165, 1.54) is 30.5 Å². The molecule has 0 radical (unpaired) electrons. The van der Waals surface area contributed by atoms with Crippen molar-refractivity contribution in [3.05, 3.63) is 59.7 Å². The van der Waals surface area contributed by atoms with E-state index in [-0.39, 0.29) is 0 Å². The van der Waals surface area contributed by atoms with Gasteiger partial charge in [-0.15, -0.1) is 0 Å². The van der Waals surface area contributed by atoms with Crippen LogP contribution in [0.1, 0.15) is 30.9 Å². The number of rotatable bonds is 5. The summed E-state index contributed by atoms with van der Waals surface area (Å²) in [4.78, 5) is 2.47. The molecule has 2 aromatic carbocycles. The lowest BCUT2D eigenvalue weighted by atomic mass is 10.0. The van der Waals surface area contributed by atoms with Gasteiger partial charge in [-0.1, -0.05) is 43.3 Å².